The second-order valence-electron chi connectivity index (χ2n) is 5.95. The Morgan fingerprint density at radius 2 is 1.77 bits per heavy atom. The first-order valence-electron chi connectivity index (χ1n) is 6.76. The molecule has 4 nitrogen and oxygen atoms in total. The van der Waals surface area contributed by atoms with Crippen molar-refractivity contribution >= 4 is 5.91 Å². The molecule has 0 aliphatic rings. The van der Waals surface area contributed by atoms with Gasteiger partial charge in [-0.25, -0.2) is 0 Å². The first-order chi connectivity index (χ1) is 10.00. The molecule has 0 aliphatic heterocycles. The van der Waals surface area contributed by atoms with Gasteiger partial charge in [0.2, 0.25) is 5.91 Å². The van der Waals surface area contributed by atoms with Crippen LogP contribution in [0.15, 0.2) is 24.3 Å². The third-order valence-electron chi connectivity index (χ3n) is 2.80. The van der Waals surface area contributed by atoms with Crippen LogP contribution < -0.4 is 10.1 Å². The lowest BCUT2D eigenvalue weighted by Crippen LogP contribution is -2.40. The van der Waals surface area contributed by atoms with E-state index in [0.29, 0.717) is 0 Å². The summed E-state index contributed by atoms with van der Waals surface area (Å²) in [4.78, 5) is 11.6. The van der Waals surface area contributed by atoms with Crippen molar-refractivity contribution in [3.8, 4) is 5.75 Å². The van der Waals surface area contributed by atoms with Gasteiger partial charge in [0.1, 0.15) is 18.5 Å². The van der Waals surface area contributed by atoms with Crippen molar-refractivity contribution in [3.05, 3.63) is 29.8 Å². The number of alkyl halides is 3. The van der Waals surface area contributed by atoms with Crippen LogP contribution in [0.3, 0.4) is 0 Å². The molecule has 1 rings (SSSR count). The molecule has 1 aromatic carbocycles. The van der Waals surface area contributed by atoms with Crippen LogP contribution >= 0.6 is 0 Å². The number of amides is 1. The molecule has 0 fully saturated rings. The average Bonchev–Trinajstić information content (AvgIpc) is 2.40. The summed E-state index contributed by atoms with van der Waals surface area (Å²) in [5.41, 5.74) is -1.33. The van der Waals surface area contributed by atoms with Gasteiger partial charge in [0.05, 0.1) is 5.56 Å². The molecule has 22 heavy (non-hydrogen) atoms. The zero-order valence-corrected chi connectivity index (χ0v) is 12.7. The Hall–Kier alpha value is -1.76. The zero-order valence-electron chi connectivity index (χ0n) is 12.7. The topological polar surface area (TPSA) is 58.6 Å². The maximum Gasteiger partial charge on any atom is 0.416 e. The van der Waals surface area contributed by atoms with Crippen LogP contribution in [0.2, 0.25) is 0 Å². The number of ether oxygens (including phenoxy) is 1. The zero-order chi connectivity index (χ0) is 17.0. The number of halogens is 3. The summed E-state index contributed by atoms with van der Waals surface area (Å²) in [5.74, 6) is 0.00952. The van der Waals surface area contributed by atoms with Gasteiger partial charge in [-0.1, -0.05) is 20.8 Å². The summed E-state index contributed by atoms with van der Waals surface area (Å²) in [6, 6.07) is 4.18. The molecule has 0 saturated heterocycles. The van der Waals surface area contributed by atoms with Gasteiger partial charge in [-0.2, -0.15) is 13.2 Å². The van der Waals surface area contributed by atoms with E-state index >= 15 is 0 Å². The van der Waals surface area contributed by atoms with Crippen molar-refractivity contribution in [2.75, 3.05) is 13.2 Å². The molecule has 0 heterocycles. The first kappa shape index (κ1) is 18.3. The van der Waals surface area contributed by atoms with Crippen LogP contribution in [0, 0.1) is 5.41 Å². The van der Waals surface area contributed by atoms with E-state index in [0.717, 1.165) is 12.1 Å². The molecule has 0 spiro atoms. The van der Waals surface area contributed by atoms with Crippen molar-refractivity contribution < 1.29 is 27.8 Å². The predicted octanol–water partition coefficient (Wildman–Crippen LogP) is 2.61. The predicted molar refractivity (Wildman–Crippen MR) is 75.4 cm³/mol. The molecule has 0 aliphatic carbocycles. The van der Waals surface area contributed by atoms with E-state index in [-0.39, 0.29) is 24.8 Å². The van der Waals surface area contributed by atoms with Crippen LogP contribution in [-0.2, 0) is 11.0 Å². The summed E-state index contributed by atoms with van der Waals surface area (Å²) < 4.78 is 42.3. The lowest BCUT2D eigenvalue weighted by molar-refractivity contribution is -0.137. The summed E-state index contributed by atoms with van der Waals surface area (Å²) in [5, 5.41) is 12.3. The van der Waals surface area contributed by atoms with Gasteiger partial charge in [0, 0.05) is 12.0 Å². The number of carbonyl (C=O) groups is 1. The molecule has 1 amide bonds. The highest BCUT2D eigenvalue weighted by molar-refractivity contribution is 5.81. The highest BCUT2D eigenvalue weighted by Crippen LogP contribution is 2.30. The molecule has 0 saturated carbocycles. The summed E-state index contributed by atoms with van der Waals surface area (Å²) in [6.07, 6.45) is -5.34. The largest absolute Gasteiger partial charge is 0.491 e. The van der Waals surface area contributed by atoms with Crippen LogP contribution in [0.4, 0.5) is 13.2 Å². The third-order valence-corrected chi connectivity index (χ3v) is 2.80. The summed E-state index contributed by atoms with van der Waals surface area (Å²) in [7, 11) is 0. The molecular formula is C15H20F3NO3. The second kappa shape index (κ2) is 7.00. The number of hydrogen-bond acceptors (Lipinski definition) is 3. The van der Waals surface area contributed by atoms with Gasteiger partial charge in [0.25, 0.3) is 0 Å². The van der Waals surface area contributed by atoms with Gasteiger partial charge >= 0.3 is 6.18 Å². The number of nitrogens with one attached hydrogen (secondary N) is 1. The molecule has 1 aromatic rings. The minimum absolute atomic E-state index is 0.0107. The summed E-state index contributed by atoms with van der Waals surface area (Å²) >= 11 is 0. The lowest BCUT2D eigenvalue weighted by atomic mass is 9.96. The smallest absolute Gasteiger partial charge is 0.416 e. The van der Waals surface area contributed by atoms with E-state index in [1.807, 2.05) is 0 Å². The Labute approximate surface area is 127 Å². The monoisotopic (exact) mass is 319 g/mol. The van der Waals surface area contributed by atoms with Gasteiger partial charge in [-0.15, -0.1) is 0 Å². The maximum absolute atomic E-state index is 12.4. The molecule has 1 atom stereocenters. The molecule has 0 unspecified atom stereocenters. The molecule has 0 bridgehead atoms. The van der Waals surface area contributed by atoms with Crippen molar-refractivity contribution in [2.24, 2.45) is 5.41 Å². The van der Waals surface area contributed by atoms with Crippen LogP contribution in [0.25, 0.3) is 0 Å². The highest BCUT2D eigenvalue weighted by atomic mass is 19.4. The van der Waals surface area contributed by atoms with E-state index in [1.165, 1.54) is 12.1 Å². The van der Waals surface area contributed by atoms with E-state index < -0.39 is 23.3 Å². The average molecular weight is 319 g/mol. The Kier molecular flexibility index (Phi) is 5.82. The fraction of sp³-hybridized carbons (Fsp3) is 0.533. The number of benzene rings is 1. The standard InChI is InChI=1S/C15H20F3NO3/c1-14(2,3)13(21)19-8-11(20)9-22-12-6-4-10(5-7-12)15(16,17)18/h4-7,11,20H,8-9H2,1-3H3,(H,19,21)/t11-/m0/s1. The molecular weight excluding hydrogens is 299 g/mol. The molecule has 7 heteroatoms. The fourth-order valence-corrected chi connectivity index (χ4v) is 1.47. The number of hydrogen-bond donors (Lipinski definition) is 2. The van der Waals surface area contributed by atoms with Crippen molar-refractivity contribution in [3.63, 3.8) is 0 Å². The fourth-order valence-electron chi connectivity index (χ4n) is 1.47. The van der Waals surface area contributed by atoms with Crippen LogP contribution in [0.1, 0.15) is 26.3 Å². The molecule has 124 valence electrons. The lowest BCUT2D eigenvalue weighted by Gasteiger charge is -2.19. The van der Waals surface area contributed by atoms with Crippen LogP contribution in [-0.4, -0.2) is 30.3 Å². The number of aliphatic hydroxyl groups is 1. The first-order valence-corrected chi connectivity index (χ1v) is 6.76. The van der Waals surface area contributed by atoms with Gasteiger partial charge in [0.15, 0.2) is 0 Å². The second-order valence-corrected chi connectivity index (χ2v) is 5.95. The molecule has 2 N–H and O–H groups in total. The maximum atomic E-state index is 12.4. The van der Waals surface area contributed by atoms with Gasteiger partial charge in [-0.3, -0.25) is 4.79 Å². The summed E-state index contributed by atoms with van der Waals surface area (Å²) in [6.45, 7) is 5.11. The minimum Gasteiger partial charge on any atom is -0.491 e. The Bertz CT molecular complexity index is 492. The van der Waals surface area contributed by atoms with E-state index in [1.54, 1.807) is 20.8 Å². The van der Waals surface area contributed by atoms with Crippen molar-refractivity contribution in [1.82, 2.24) is 5.32 Å². The van der Waals surface area contributed by atoms with E-state index in [4.69, 9.17) is 4.74 Å². The van der Waals surface area contributed by atoms with Crippen LogP contribution in [0.5, 0.6) is 5.75 Å². The Balaban J connectivity index is 2.41. The number of rotatable bonds is 5. The SMILES string of the molecule is CC(C)(C)C(=O)NC[C@H](O)COc1ccc(C(F)(F)F)cc1. The third kappa shape index (κ3) is 5.93. The quantitative estimate of drug-likeness (QED) is 0.877. The molecule has 0 radical (unpaired) electrons. The van der Waals surface area contributed by atoms with Gasteiger partial charge < -0.3 is 15.2 Å². The Morgan fingerprint density at radius 3 is 2.23 bits per heavy atom. The van der Waals surface area contributed by atoms with E-state index in [9.17, 15) is 23.1 Å². The highest BCUT2D eigenvalue weighted by Gasteiger charge is 2.30. The van der Waals surface area contributed by atoms with Crippen molar-refractivity contribution in [1.29, 1.82) is 0 Å². The Morgan fingerprint density at radius 1 is 1.23 bits per heavy atom. The number of aliphatic hydroxyl groups excluding tert-OH is 1. The minimum atomic E-state index is -4.39. The number of carbonyl (C=O) groups excluding carboxylic acids is 1. The molecule has 0 aromatic heterocycles. The normalized spacial score (nSPS) is 13.6. The van der Waals surface area contributed by atoms with Gasteiger partial charge in [-0.05, 0) is 24.3 Å². The van der Waals surface area contributed by atoms with Crippen molar-refractivity contribution in [2.45, 2.75) is 33.1 Å². The van der Waals surface area contributed by atoms with E-state index in [2.05, 4.69) is 5.32 Å².